The number of nitrogens with zero attached hydrogens (tertiary/aromatic N) is 2. The lowest BCUT2D eigenvalue weighted by Gasteiger charge is -2.32. The number of carbonyl (C=O) groups excluding carboxylic acids is 2. The minimum atomic E-state index is -3.27. The van der Waals surface area contributed by atoms with Gasteiger partial charge in [-0.25, -0.2) is 8.42 Å². The molecule has 0 unspecified atom stereocenters. The molecular formula is C21H22ClN3O5S. The van der Waals surface area contributed by atoms with Gasteiger partial charge in [-0.2, -0.15) is 0 Å². The number of benzene rings is 1. The van der Waals surface area contributed by atoms with Crippen molar-refractivity contribution in [3.63, 3.8) is 0 Å². The number of nitrogens with one attached hydrogen (secondary N) is 1. The van der Waals surface area contributed by atoms with Crippen molar-refractivity contribution in [1.29, 1.82) is 0 Å². The van der Waals surface area contributed by atoms with E-state index in [0.717, 1.165) is 5.56 Å². The second-order valence-corrected chi connectivity index (χ2v) is 10.9. The van der Waals surface area contributed by atoms with Gasteiger partial charge in [0.15, 0.2) is 9.84 Å². The Bertz CT molecular complexity index is 1220. The lowest BCUT2D eigenvalue weighted by molar-refractivity contribution is 0.0695. The molecule has 1 aliphatic heterocycles. The highest BCUT2D eigenvalue weighted by Gasteiger charge is 2.54. The van der Waals surface area contributed by atoms with Gasteiger partial charge < -0.3 is 14.8 Å². The summed E-state index contributed by atoms with van der Waals surface area (Å²) in [6.45, 7) is 0.788. The van der Waals surface area contributed by atoms with Crippen LogP contribution in [-0.4, -0.2) is 53.8 Å². The molecule has 0 spiro atoms. The zero-order chi connectivity index (χ0) is 22.4. The van der Waals surface area contributed by atoms with Gasteiger partial charge in [0.25, 0.3) is 17.4 Å². The SMILES string of the molecule is CS(=O)(=O)C1(CN2CCn3c(ccc(C(=O)NCc4ccc(Cl)cc4)c3=O)C2=O)CC1. The molecule has 8 nitrogen and oxygen atoms in total. The number of aromatic nitrogens is 1. The minimum Gasteiger partial charge on any atom is -0.348 e. The van der Waals surface area contributed by atoms with Crippen molar-refractivity contribution in [2.75, 3.05) is 19.3 Å². The van der Waals surface area contributed by atoms with E-state index >= 15 is 0 Å². The fourth-order valence-corrected chi connectivity index (χ4v) is 5.17. The first-order valence-corrected chi connectivity index (χ1v) is 12.1. The van der Waals surface area contributed by atoms with Gasteiger partial charge in [0.2, 0.25) is 0 Å². The molecule has 0 atom stereocenters. The van der Waals surface area contributed by atoms with E-state index in [2.05, 4.69) is 5.32 Å². The molecule has 1 saturated carbocycles. The minimum absolute atomic E-state index is 0.0474. The van der Waals surface area contributed by atoms with E-state index in [1.54, 1.807) is 24.3 Å². The third-order valence-electron chi connectivity index (χ3n) is 5.96. The van der Waals surface area contributed by atoms with E-state index in [-0.39, 0.29) is 37.4 Å². The average molecular weight is 464 g/mol. The number of amides is 2. The largest absolute Gasteiger partial charge is 0.348 e. The molecule has 1 aromatic carbocycles. The van der Waals surface area contributed by atoms with Gasteiger partial charge in [0, 0.05) is 37.5 Å². The Morgan fingerprint density at radius 1 is 1.10 bits per heavy atom. The fourth-order valence-electron chi connectivity index (χ4n) is 3.81. The molecule has 164 valence electrons. The Labute approximate surface area is 184 Å². The van der Waals surface area contributed by atoms with E-state index in [0.29, 0.717) is 17.9 Å². The zero-order valence-electron chi connectivity index (χ0n) is 16.9. The number of rotatable bonds is 6. The summed E-state index contributed by atoms with van der Waals surface area (Å²) in [6.07, 6.45) is 2.27. The highest BCUT2D eigenvalue weighted by Crippen LogP contribution is 2.44. The predicted octanol–water partition coefficient (Wildman–Crippen LogP) is 1.46. The molecule has 0 bridgehead atoms. The van der Waals surface area contributed by atoms with Crippen molar-refractivity contribution in [2.45, 2.75) is 30.7 Å². The molecule has 2 aromatic rings. The molecule has 2 amide bonds. The van der Waals surface area contributed by atoms with Crippen LogP contribution in [0.4, 0.5) is 0 Å². The maximum absolute atomic E-state index is 12.9. The van der Waals surface area contributed by atoms with Crippen LogP contribution in [0, 0.1) is 0 Å². The molecule has 1 aliphatic carbocycles. The number of halogens is 1. The Morgan fingerprint density at radius 3 is 2.39 bits per heavy atom. The van der Waals surface area contributed by atoms with Crippen LogP contribution >= 0.6 is 11.6 Å². The van der Waals surface area contributed by atoms with Crippen molar-refractivity contribution < 1.29 is 18.0 Å². The predicted molar refractivity (Wildman–Crippen MR) is 116 cm³/mol. The Kier molecular flexibility index (Phi) is 5.43. The number of hydrogen-bond acceptors (Lipinski definition) is 5. The monoisotopic (exact) mass is 463 g/mol. The molecule has 0 saturated heterocycles. The highest BCUT2D eigenvalue weighted by molar-refractivity contribution is 7.92. The first-order chi connectivity index (χ1) is 14.6. The lowest BCUT2D eigenvalue weighted by Crippen LogP contribution is -2.49. The highest BCUT2D eigenvalue weighted by atomic mass is 35.5. The second-order valence-electron chi connectivity index (χ2n) is 8.08. The Hall–Kier alpha value is -2.65. The van der Waals surface area contributed by atoms with E-state index in [1.807, 2.05) is 0 Å². The van der Waals surface area contributed by atoms with Crippen molar-refractivity contribution in [3.8, 4) is 0 Å². The molecular weight excluding hydrogens is 442 g/mol. The third-order valence-corrected chi connectivity index (χ3v) is 8.32. The first kappa shape index (κ1) is 21.6. The fraction of sp³-hybridized carbons (Fsp3) is 0.381. The number of sulfone groups is 1. The van der Waals surface area contributed by atoms with Crippen molar-refractivity contribution >= 4 is 33.3 Å². The van der Waals surface area contributed by atoms with Crippen LogP contribution in [0.2, 0.25) is 5.02 Å². The molecule has 1 fully saturated rings. The molecule has 10 heteroatoms. The summed E-state index contributed by atoms with van der Waals surface area (Å²) < 4.78 is 24.5. The Balaban J connectivity index is 1.50. The van der Waals surface area contributed by atoms with Gasteiger partial charge in [0.05, 0.1) is 4.75 Å². The van der Waals surface area contributed by atoms with Crippen molar-refractivity contribution in [3.05, 3.63) is 68.6 Å². The van der Waals surface area contributed by atoms with Crippen LogP contribution in [0.1, 0.15) is 39.3 Å². The summed E-state index contributed by atoms with van der Waals surface area (Å²) in [5, 5.41) is 3.29. The van der Waals surface area contributed by atoms with Crippen LogP contribution in [0.3, 0.4) is 0 Å². The van der Waals surface area contributed by atoms with E-state index in [1.165, 1.54) is 27.9 Å². The molecule has 31 heavy (non-hydrogen) atoms. The van der Waals surface area contributed by atoms with Gasteiger partial charge in [0.1, 0.15) is 11.3 Å². The molecule has 0 radical (unpaired) electrons. The van der Waals surface area contributed by atoms with E-state index in [4.69, 9.17) is 11.6 Å². The second kappa shape index (κ2) is 7.80. The molecule has 4 rings (SSSR count). The van der Waals surface area contributed by atoms with Gasteiger partial charge in [-0.05, 0) is 42.7 Å². The van der Waals surface area contributed by atoms with Crippen LogP contribution in [-0.2, 0) is 22.9 Å². The quantitative estimate of drug-likeness (QED) is 0.698. The van der Waals surface area contributed by atoms with E-state index < -0.39 is 32.0 Å². The van der Waals surface area contributed by atoms with Gasteiger partial charge in [-0.15, -0.1) is 0 Å². The normalized spacial score (nSPS) is 17.2. The number of carbonyl (C=O) groups is 2. The first-order valence-electron chi connectivity index (χ1n) is 9.87. The van der Waals surface area contributed by atoms with E-state index in [9.17, 15) is 22.8 Å². The maximum atomic E-state index is 12.9. The van der Waals surface area contributed by atoms with Crippen LogP contribution in [0.15, 0.2) is 41.2 Å². The van der Waals surface area contributed by atoms with Crippen LogP contribution in [0.5, 0.6) is 0 Å². The lowest BCUT2D eigenvalue weighted by atomic mass is 10.1. The zero-order valence-corrected chi connectivity index (χ0v) is 18.5. The summed E-state index contributed by atoms with van der Waals surface area (Å²) in [4.78, 5) is 39.7. The summed E-state index contributed by atoms with van der Waals surface area (Å²) in [5.41, 5.74) is 0.411. The smallest absolute Gasteiger partial charge is 0.270 e. The van der Waals surface area contributed by atoms with Crippen LogP contribution < -0.4 is 10.9 Å². The number of pyridine rings is 1. The number of fused-ring (bicyclic) bond motifs is 1. The molecule has 2 aliphatic rings. The molecule has 1 N–H and O–H groups in total. The van der Waals surface area contributed by atoms with Gasteiger partial charge in [-0.1, -0.05) is 23.7 Å². The van der Waals surface area contributed by atoms with Crippen molar-refractivity contribution in [2.24, 2.45) is 0 Å². The molecule has 2 heterocycles. The standard InChI is InChI=1S/C21H22ClN3O5S/c1-31(29,30)21(8-9-21)13-24-10-11-25-17(20(24)28)7-6-16(19(25)27)18(26)23-12-14-2-4-15(22)5-3-14/h2-7H,8-13H2,1H3,(H,23,26). The topological polar surface area (TPSA) is 106 Å². The number of hydrogen-bond donors (Lipinski definition) is 1. The third kappa shape index (κ3) is 4.12. The maximum Gasteiger partial charge on any atom is 0.270 e. The van der Waals surface area contributed by atoms with Gasteiger partial charge >= 0.3 is 0 Å². The van der Waals surface area contributed by atoms with Gasteiger partial charge in [-0.3, -0.25) is 14.4 Å². The summed E-state index contributed by atoms with van der Waals surface area (Å²) in [6, 6.07) is 9.77. The summed E-state index contributed by atoms with van der Waals surface area (Å²) in [5.74, 6) is -0.925. The van der Waals surface area contributed by atoms with Crippen LogP contribution in [0.25, 0.3) is 0 Å². The van der Waals surface area contributed by atoms with Crippen molar-refractivity contribution in [1.82, 2.24) is 14.8 Å². The average Bonchev–Trinajstić information content (AvgIpc) is 3.51. The Morgan fingerprint density at radius 2 is 1.77 bits per heavy atom. The molecule has 1 aromatic heterocycles. The summed E-state index contributed by atoms with van der Waals surface area (Å²) >= 11 is 5.85. The summed E-state index contributed by atoms with van der Waals surface area (Å²) in [7, 11) is -3.27.